The molecule has 1 heterocycles. The van der Waals surface area contributed by atoms with E-state index in [4.69, 9.17) is 14.2 Å². The van der Waals surface area contributed by atoms with Crippen LogP contribution in [0, 0.1) is 34.0 Å². The van der Waals surface area contributed by atoms with Gasteiger partial charge in [-0.1, -0.05) is 32.4 Å². The third-order valence-electron chi connectivity index (χ3n) is 10.5. The Bertz CT molecular complexity index is 752. The molecule has 0 unspecified atom stereocenters. The molecule has 0 N–H and O–H groups in total. The van der Waals surface area contributed by atoms with Gasteiger partial charge in [-0.05, 0) is 80.0 Å². The summed E-state index contributed by atoms with van der Waals surface area (Å²) >= 11 is 0. The van der Waals surface area contributed by atoms with Gasteiger partial charge in [0.2, 0.25) is 0 Å². The molecule has 0 aromatic rings. The molecule has 0 amide bonds. The van der Waals surface area contributed by atoms with Crippen LogP contribution in [-0.4, -0.2) is 31.1 Å². The molecule has 168 valence electrons. The normalized spacial score (nSPS) is 49.6. The van der Waals surface area contributed by atoms with E-state index in [0.29, 0.717) is 16.7 Å². The molecule has 1 aliphatic heterocycles. The maximum Gasteiger partial charge on any atom is 0.302 e. The van der Waals surface area contributed by atoms with Crippen molar-refractivity contribution in [1.29, 1.82) is 0 Å². The molecule has 5 rings (SSSR count). The van der Waals surface area contributed by atoms with Gasteiger partial charge in [-0.15, -0.1) is 0 Å². The van der Waals surface area contributed by atoms with E-state index in [1.807, 2.05) is 0 Å². The summed E-state index contributed by atoms with van der Waals surface area (Å²) in [7, 11) is 0. The van der Waals surface area contributed by atoms with Crippen LogP contribution in [0.3, 0.4) is 0 Å². The minimum absolute atomic E-state index is 0.0764. The van der Waals surface area contributed by atoms with Crippen LogP contribution in [0.4, 0.5) is 0 Å². The fraction of sp³-hybridized carbons (Fsp3) is 0.885. The molecule has 30 heavy (non-hydrogen) atoms. The molecule has 0 bridgehead atoms. The van der Waals surface area contributed by atoms with Gasteiger partial charge in [0.1, 0.15) is 6.10 Å². The summed E-state index contributed by atoms with van der Waals surface area (Å²) in [6.07, 6.45) is 12.0. The van der Waals surface area contributed by atoms with Crippen molar-refractivity contribution in [3.8, 4) is 0 Å². The summed E-state index contributed by atoms with van der Waals surface area (Å²) in [5.74, 6) is 1.40. The molecule has 4 heteroatoms. The van der Waals surface area contributed by atoms with Gasteiger partial charge < -0.3 is 14.2 Å². The Balaban J connectivity index is 1.44. The van der Waals surface area contributed by atoms with Crippen LogP contribution < -0.4 is 0 Å². The number of carbonyl (C=O) groups is 1. The van der Waals surface area contributed by atoms with E-state index in [1.54, 1.807) is 5.57 Å². The van der Waals surface area contributed by atoms with Gasteiger partial charge in [0, 0.05) is 19.3 Å². The average molecular weight is 417 g/mol. The molecule has 4 nitrogen and oxygen atoms in total. The lowest BCUT2D eigenvalue weighted by molar-refractivity contribution is -0.221. The molecule has 4 aliphatic carbocycles. The van der Waals surface area contributed by atoms with Crippen LogP contribution in [-0.2, 0) is 19.0 Å². The van der Waals surface area contributed by atoms with Crippen LogP contribution >= 0.6 is 0 Å². The lowest BCUT2D eigenvalue weighted by Crippen LogP contribution is -2.57. The molecule has 0 aromatic heterocycles. The van der Waals surface area contributed by atoms with Crippen molar-refractivity contribution < 1.29 is 19.0 Å². The maximum atomic E-state index is 11.5. The first kappa shape index (κ1) is 21.0. The highest BCUT2D eigenvalue weighted by Gasteiger charge is 2.66. The van der Waals surface area contributed by atoms with E-state index in [9.17, 15) is 4.79 Å². The zero-order chi connectivity index (χ0) is 21.4. The Hall–Kier alpha value is -0.870. The minimum atomic E-state index is -0.394. The standard InChI is InChI=1S/C26H40O4/c1-17(27)30-19-9-12-23(2)18(16-19)8-11-24(3)20-6-7-22(26(5)28-14-15-29-26)25(20,4)13-10-21(23)24/h8,19-22H,6-7,9-16H2,1-5H3/t19-,20-,21+,22-,23-,24-,25-/m0/s1. The molecule has 0 spiro atoms. The van der Waals surface area contributed by atoms with E-state index in [-0.39, 0.29) is 17.5 Å². The van der Waals surface area contributed by atoms with E-state index in [2.05, 4.69) is 33.8 Å². The lowest BCUT2D eigenvalue weighted by Gasteiger charge is -2.63. The van der Waals surface area contributed by atoms with Gasteiger partial charge in [0.25, 0.3) is 0 Å². The van der Waals surface area contributed by atoms with E-state index >= 15 is 0 Å². The summed E-state index contributed by atoms with van der Waals surface area (Å²) in [6.45, 7) is 12.9. The van der Waals surface area contributed by atoms with E-state index in [0.717, 1.165) is 44.3 Å². The summed E-state index contributed by atoms with van der Waals surface area (Å²) in [5, 5.41) is 0. The van der Waals surface area contributed by atoms with Crippen LogP contribution in [0.1, 0.15) is 86.0 Å². The largest absolute Gasteiger partial charge is 0.462 e. The highest BCUT2D eigenvalue weighted by molar-refractivity contribution is 5.66. The predicted octanol–water partition coefficient (Wildman–Crippen LogP) is 5.65. The number of esters is 1. The van der Waals surface area contributed by atoms with E-state index < -0.39 is 5.79 Å². The molecular formula is C26H40O4. The van der Waals surface area contributed by atoms with Gasteiger partial charge >= 0.3 is 5.97 Å². The third kappa shape index (κ3) is 2.81. The van der Waals surface area contributed by atoms with Crippen molar-refractivity contribution in [2.75, 3.05) is 13.2 Å². The van der Waals surface area contributed by atoms with Crippen LogP contribution in [0.2, 0.25) is 0 Å². The summed E-state index contributed by atoms with van der Waals surface area (Å²) in [4.78, 5) is 11.5. The predicted molar refractivity (Wildman–Crippen MR) is 116 cm³/mol. The Morgan fingerprint density at radius 3 is 2.33 bits per heavy atom. The topological polar surface area (TPSA) is 44.8 Å². The number of fused-ring (bicyclic) bond motifs is 5. The van der Waals surface area contributed by atoms with Gasteiger partial charge in [-0.3, -0.25) is 4.79 Å². The Morgan fingerprint density at radius 1 is 0.933 bits per heavy atom. The van der Waals surface area contributed by atoms with Gasteiger partial charge in [-0.2, -0.15) is 0 Å². The number of allylic oxidation sites excluding steroid dienone is 1. The molecule has 5 aliphatic rings. The first-order valence-electron chi connectivity index (χ1n) is 12.3. The Morgan fingerprint density at radius 2 is 1.63 bits per heavy atom. The molecule has 0 radical (unpaired) electrons. The van der Waals surface area contributed by atoms with Crippen molar-refractivity contribution in [1.82, 2.24) is 0 Å². The Kier molecular flexibility index (Phi) is 4.77. The number of hydrogen-bond donors (Lipinski definition) is 0. The summed E-state index contributed by atoms with van der Waals surface area (Å²) in [5.41, 5.74) is 2.45. The van der Waals surface area contributed by atoms with Crippen LogP contribution in [0.25, 0.3) is 0 Å². The fourth-order valence-corrected chi connectivity index (χ4v) is 9.21. The number of rotatable bonds is 2. The van der Waals surface area contributed by atoms with Crippen LogP contribution in [0.5, 0.6) is 0 Å². The van der Waals surface area contributed by atoms with Gasteiger partial charge in [-0.25, -0.2) is 0 Å². The lowest BCUT2D eigenvalue weighted by atomic mass is 9.41. The van der Waals surface area contributed by atoms with E-state index in [1.165, 1.54) is 39.0 Å². The molecule has 4 fully saturated rings. The van der Waals surface area contributed by atoms with Crippen molar-refractivity contribution in [2.45, 2.75) is 97.9 Å². The second-order valence-corrected chi connectivity index (χ2v) is 11.8. The van der Waals surface area contributed by atoms with Crippen molar-refractivity contribution >= 4 is 5.97 Å². The molecule has 7 atom stereocenters. The zero-order valence-electron chi connectivity index (χ0n) is 19.6. The number of carbonyl (C=O) groups excluding carboxylic acids is 1. The number of ether oxygens (including phenoxy) is 3. The molecule has 1 saturated heterocycles. The first-order valence-corrected chi connectivity index (χ1v) is 12.3. The highest BCUT2D eigenvalue weighted by Crippen LogP contribution is 2.72. The average Bonchev–Trinajstić information content (AvgIpc) is 3.26. The molecule has 0 aromatic carbocycles. The fourth-order valence-electron chi connectivity index (χ4n) is 9.21. The Labute approximate surface area is 182 Å². The SMILES string of the molecule is CC(=O)O[C@H]1CC[C@@]2(C)C(=CC[C@@]3(C)[C@@H]4CC[C@H](C5(C)OCCO5)[C@@]4(C)CC[C@@H]32)C1. The molecular weight excluding hydrogens is 376 g/mol. The molecule has 3 saturated carbocycles. The second kappa shape index (κ2) is 6.81. The van der Waals surface area contributed by atoms with Crippen molar-refractivity contribution in [2.24, 2.45) is 34.0 Å². The van der Waals surface area contributed by atoms with Gasteiger partial charge in [0.15, 0.2) is 5.79 Å². The monoisotopic (exact) mass is 416 g/mol. The van der Waals surface area contributed by atoms with Crippen molar-refractivity contribution in [3.05, 3.63) is 11.6 Å². The van der Waals surface area contributed by atoms with Crippen molar-refractivity contribution in [3.63, 3.8) is 0 Å². The smallest absolute Gasteiger partial charge is 0.302 e. The van der Waals surface area contributed by atoms with Crippen LogP contribution in [0.15, 0.2) is 11.6 Å². The second-order valence-electron chi connectivity index (χ2n) is 11.8. The quantitative estimate of drug-likeness (QED) is 0.431. The summed E-state index contributed by atoms with van der Waals surface area (Å²) < 4.78 is 18.0. The number of hydrogen-bond acceptors (Lipinski definition) is 4. The first-order chi connectivity index (χ1) is 14.1. The zero-order valence-corrected chi connectivity index (χ0v) is 19.6. The highest BCUT2D eigenvalue weighted by atomic mass is 16.7. The third-order valence-corrected chi connectivity index (χ3v) is 10.5. The summed E-state index contributed by atoms with van der Waals surface area (Å²) in [6, 6.07) is 0. The maximum absolute atomic E-state index is 11.5. The van der Waals surface area contributed by atoms with Gasteiger partial charge in [0.05, 0.1) is 13.2 Å². The minimum Gasteiger partial charge on any atom is -0.462 e.